The third-order valence-corrected chi connectivity index (χ3v) is 7.88. The van der Waals surface area contributed by atoms with E-state index in [9.17, 15) is 14.4 Å². The minimum atomic E-state index is -0.397. The molecule has 1 aliphatic carbocycles. The molecule has 1 saturated carbocycles. The second kappa shape index (κ2) is 12.0. The van der Waals surface area contributed by atoms with Crippen LogP contribution in [0.4, 0.5) is 23.0 Å². The molecular weight excluding hydrogens is 538 g/mol. The molecule has 3 amide bonds. The third-order valence-electron chi connectivity index (χ3n) is 7.88. The second-order valence-electron chi connectivity index (χ2n) is 10.9. The van der Waals surface area contributed by atoms with Crippen molar-refractivity contribution in [2.24, 2.45) is 0 Å². The van der Waals surface area contributed by atoms with Crippen LogP contribution < -0.4 is 26.2 Å². The zero-order chi connectivity index (χ0) is 29.1. The predicted octanol–water partition coefficient (Wildman–Crippen LogP) is 2.25. The van der Waals surface area contributed by atoms with Gasteiger partial charge in [0.2, 0.25) is 5.91 Å². The fraction of sp³-hybridized carbons (Fsp3) is 0.448. The standard InChI is InChI=1S/C29H35N9O4/c30-25-26(32-10-9-31-25)38-15-13-36(14-16-38)23-7-6-20(27(40)33-8-2-12-37-11-1-3-24(37)39)17-21(23)34-28(41)22-18-42-29(35-22)19-4-5-19/h6-7,9-10,17-19H,1-5,8,11-16H2,(H2,30,31)(H,33,40)(H,34,41). The van der Waals surface area contributed by atoms with Crippen molar-refractivity contribution in [2.45, 2.75) is 38.0 Å². The number of rotatable bonds is 10. The van der Waals surface area contributed by atoms with E-state index < -0.39 is 5.91 Å². The van der Waals surface area contributed by atoms with Crippen molar-refractivity contribution in [3.63, 3.8) is 0 Å². The number of likely N-dealkylation sites (tertiary alicyclic amines) is 1. The van der Waals surface area contributed by atoms with E-state index in [2.05, 4.69) is 35.4 Å². The lowest BCUT2D eigenvalue weighted by atomic mass is 10.1. The van der Waals surface area contributed by atoms with Crippen LogP contribution in [-0.4, -0.2) is 83.4 Å². The molecule has 4 heterocycles. The Morgan fingerprint density at radius 2 is 1.81 bits per heavy atom. The highest BCUT2D eigenvalue weighted by Gasteiger charge is 2.30. The minimum absolute atomic E-state index is 0.176. The minimum Gasteiger partial charge on any atom is -0.448 e. The number of piperazine rings is 1. The molecule has 4 N–H and O–H groups in total. The van der Waals surface area contributed by atoms with Gasteiger partial charge in [-0.1, -0.05) is 0 Å². The summed E-state index contributed by atoms with van der Waals surface area (Å²) in [6.07, 6.45) is 8.79. The SMILES string of the molecule is Nc1nccnc1N1CCN(c2ccc(C(=O)NCCCN3CCCC3=O)cc2NC(=O)c2coc(C3CC3)n2)CC1. The highest BCUT2D eigenvalue weighted by molar-refractivity contribution is 6.06. The van der Waals surface area contributed by atoms with Gasteiger partial charge >= 0.3 is 0 Å². The summed E-state index contributed by atoms with van der Waals surface area (Å²) in [5, 5.41) is 5.91. The maximum Gasteiger partial charge on any atom is 0.277 e. The molecule has 0 atom stereocenters. The fourth-order valence-corrected chi connectivity index (χ4v) is 5.41. The van der Waals surface area contributed by atoms with Crippen molar-refractivity contribution in [3.8, 4) is 0 Å². The predicted molar refractivity (Wildman–Crippen MR) is 157 cm³/mol. The van der Waals surface area contributed by atoms with Crippen molar-refractivity contribution in [1.29, 1.82) is 0 Å². The number of nitrogens with zero attached hydrogens (tertiary/aromatic N) is 6. The lowest BCUT2D eigenvalue weighted by Crippen LogP contribution is -2.47. The average Bonchev–Trinajstić information content (AvgIpc) is 3.59. The smallest absolute Gasteiger partial charge is 0.277 e. The van der Waals surface area contributed by atoms with E-state index in [0.717, 1.165) is 31.5 Å². The van der Waals surface area contributed by atoms with Gasteiger partial charge in [-0.25, -0.2) is 15.0 Å². The van der Waals surface area contributed by atoms with Crippen LogP contribution in [-0.2, 0) is 4.79 Å². The Balaban J connectivity index is 1.15. The summed E-state index contributed by atoms with van der Waals surface area (Å²) >= 11 is 0. The quantitative estimate of drug-likeness (QED) is 0.307. The van der Waals surface area contributed by atoms with E-state index in [1.165, 1.54) is 6.26 Å². The van der Waals surface area contributed by atoms with Crippen molar-refractivity contribution in [1.82, 2.24) is 25.2 Å². The van der Waals surface area contributed by atoms with Gasteiger partial charge in [0, 0.05) is 76.1 Å². The maximum atomic E-state index is 13.2. The fourth-order valence-electron chi connectivity index (χ4n) is 5.41. The Morgan fingerprint density at radius 3 is 2.55 bits per heavy atom. The maximum absolute atomic E-state index is 13.2. The first kappa shape index (κ1) is 27.5. The Labute approximate surface area is 243 Å². The highest BCUT2D eigenvalue weighted by Crippen LogP contribution is 2.39. The van der Waals surface area contributed by atoms with Crippen LogP contribution in [0.3, 0.4) is 0 Å². The first-order chi connectivity index (χ1) is 20.5. The zero-order valence-electron chi connectivity index (χ0n) is 23.4. The van der Waals surface area contributed by atoms with Crippen molar-refractivity contribution >= 4 is 40.7 Å². The molecule has 0 spiro atoms. The van der Waals surface area contributed by atoms with Crippen molar-refractivity contribution in [3.05, 3.63) is 54.0 Å². The number of amides is 3. The number of carbonyl (C=O) groups excluding carboxylic acids is 3. The third kappa shape index (κ3) is 6.14. The molecule has 3 aliphatic rings. The number of hydrogen-bond acceptors (Lipinski definition) is 10. The summed E-state index contributed by atoms with van der Waals surface area (Å²) in [5.74, 6) is 1.45. The van der Waals surface area contributed by atoms with Gasteiger partial charge in [-0.15, -0.1) is 0 Å². The van der Waals surface area contributed by atoms with E-state index >= 15 is 0 Å². The summed E-state index contributed by atoms with van der Waals surface area (Å²) < 4.78 is 5.52. The average molecular weight is 574 g/mol. The van der Waals surface area contributed by atoms with Crippen LogP contribution in [0.5, 0.6) is 0 Å². The number of carbonyl (C=O) groups is 3. The summed E-state index contributed by atoms with van der Waals surface area (Å²) in [4.78, 5) is 57.1. The molecule has 2 aromatic heterocycles. The molecule has 2 aliphatic heterocycles. The number of hydrogen-bond donors (Lipinski definition) is 3. The summed E-state index contributed by atoms with van der Waals surface area (Å²) in [6.45, 7) is 4.48. The Bertz CT molecular complexity index is 1460. The molecule has 3 aromatic rings. The van der Waals surface area contributed by atoms with Crippen LogP contribution in [0.1, 0.15) is 64.8 Å². The van der Waals surface area contributed by atoms with Gasteiger partial charge in [0.25, 0.3) is 11.8 Å². The van der Waals surface area contributed by atoms with Crippen LogP contribution >= 0.6 is 0 Å². The molecule has 13 heteroatoms. The molecule has 220 valence electrons. The number of aromatic nitrogens is 3. The molecule has 0 unspecified atom stereocenters. The largest absolute Gasteiger partial charge is 0.448 e. The van der Waals surface area contributed by atoms with Gasteiger partial charge in [0.05, 0.1) is 11.4 Å². The van der Waals surface area contributed by atoms with E-state index in [1.54, 1.807) is 24.5 Å². The number of nitrogen functional groups attached to an aromatic ring is 1. The number of nitrogens with one attached hydrogen (secondary N) is 2. The van der Waals surface area contributed by atoms with Gasteiger partial charge in [-0.05, 0) is 43.9 Å². The van der Waals surface area contributed by atoms with E-state index in [-0.39, 0.29) is 23.4 Å². The molecular formula is C29H35N9O4. The van der Waals surface area contributed by atoms with Crippen molar-refractivity contribution < 1.29 is 18.8 Å². The van der Waals surface area contributed by atoms with E-state index in [4.69, 9.17) is 10.2 Å². The number of nitrogens with two attached hydrogens (primary N) is 1. The van der Waals surface area contributed by atoms with Crippen LogP contribution in [0.25, 0.3) is 0 Å². The van der Waals surface area contributed by atoms with Gasteiger partial charge in [-0.2, -0.15) is 0 Å². The summed E-state index contributed by atoms with van der Waals surface area (Å²) in [7, 11) is 0. The van der Waals surface area contributed by atoms with Crippen LogP contribution in [0.2, 0.25) is 0 Å². The Hall–Kier alpha value is -4.68. The number of oxazole rings is 1. The van der Waals surface area contributed by atoms with E-state index in [0.29, 0.717) is 80.9 Å². The molecule has 6 rings (SSSR count). The molecule has 2 saturated heterocycles. The summed E-state index contributed by atoms with van der Waals surface area (Å²) in [5.41, 5.74) is 7.98. The topological polar surface area (TPSA) is 163 Å². The van der Waals surface area contributed by atoms with Crippen LogP contribution in [0.15, 0.2) is 41.3 Å². The lowest BCUT2D eigenvalue weighted by molar-refractivity contribution is -0.127. The van der Waals surface area contributed by atoms with Gasteiger partial charge in [0.15, 0.2) is 23.2 Å². The number of benzene rings is 1. The zero-order valence-corrected chi connectivity index (χ0v) is 23.4. The molecule has 0 radical (unpaired) electrons. The Kier molecular flexibility index (Phi) is 7.89. The van der Waals surface area contributed by atoms with Crippen molar-refractivity contribution in [2.75, 3.05) is 66.7 Å². The molecule has 3 fully saturated rings. The first-order valence-corrected chi connectivity index (χ1v) is 14.5. The monoisotopic (exact) mass is 573 g/mol. The molecule has 1 aromatic carbocycles. The van der Waals surface area contributed by atoms with Crippen LogP contribution in [0, 0.1) is 0 Å². The lowest BCUT2D eigenvalue weighted by Gasteiger charge is -2.37. The van der Waals surface area contributed by atoms with E-state index in [1.807, 2.05) is 11.0 Å². The number of anilines is 4. The normalized spacial score (nSPS) is 17.0. The first-order valence-electron chi connectivity index (χ1n) is 14.5. The van der Waals surface area contributed by atoms with Gasteiger partial charge in [0.1, 0.15) is 6.26 Å². The van der Waals surface area contributed by atoms with Gasteiger partial charge in [-0.3, -0.25) is 14.4 Å². The Morgan fingerprint density at radius 1 is 1.02 bits per heavy atom. The highest BCUT2D eigenvalue weighted by atomic mass is 16.3. The second-order valence-corrected chi connectivity index (χ2v) is 10.9. The molecule has 42 heavy (non-hydrogen) atoms. The van der Waals surface area contributed by atoms with Gasteiger partial charge < -0.3 is 35.5 Å². The molecule has 0 bridgehead atoms. The summed E-state index contributed by atoms with van der Waals surface area (Å²) in [6, 6.07) is 5.32. The molecule has 13 nitrogen and oxygen atoms in total.